The third kappa shape index (κ3) is 3.19. The maximum atomic E-state index is 12.1. The SMILES string of the molecule is CCNC(=O)[C@H](C)OC(=O)c1oc2ccc(Cl)cc2c1C. The number of aryl methyl sites for hydroxylation is 1. The van der Waals surface area contributed by atoms with Crippen molar-refractivity contribution < 1.29 is 18.7 Å². The Bertz CT molecular complexity index is 692. The topological polar surface area (TPSA) is 68.5 Å². The molecule has 0 unspecified atom stereocenters. The average Bonchev–Trinajstić information content (AvgIpc) is 2.76. The first-order valence-electron chi connectivity index (χ1n) is 6.61. The van der Waals surface area contributed by atoms with E-state index in [1.165, 1.54) is 6.92 Å². The third-order valence-electron chi connectivity index (χ3n) is 3.09. The highest BCUT2D eigenvalue weighted by Gasteiger charge is 2.23. The minimum atomic E-state index is -0.881. The van der Waals surface area contributed by atoms with Gasteiger partial charge in [-0.2, -0.15) is 0 Å². The molecule has 0 aliphatic heterocycles. The number of furan rings is 1. The number of likely N-dealkylation sites (N-methyl/N-ethyl adjacent to an activating group) is 1. The summed E-state index contributed by atoms with van der Waals surface area (Å²) < 4.78 is 10.6. The van der Waals surface area contributed by atoms with E-state index in [0.717, 1.165) is 5.39 Å². The molecular formula is C15H16ClNO4. The molecule has 0 radical (unpaired) electrons. The van der Waals surface area contributed by atoms with Crippen molar-refractivity contribution >= 4 is 34.4 Å². The molecule has 5 nitrogen and oxygen atoms in total. The molecule has 2 aromatic rings. The normalized spacial score (nSPS) is 12.2. The van der Waals surface area contributed by atoms with Crippen LogP contribution >= 0.6 is 11.6 Å². The van der Waals surface area contributed by atoms with Crippen molar-refractivity contribution in [3.8, 4) is 0 Å². The van der Waals surface area contributed by atoms with Crippen LogP contribution < -0.4 is 5.32 Å². The van der Waals surface area contributed by atoms with E-state index < -0.39 is 12.1 Å². The zero-order valence-electron chi connectivity index (χ0n) is 12.0. The fourth-order valence-electron chi connectivity index (χ4n) is 1.97. The zero-order valence-corrected chi connectivity index (χ0v) is 12.8. The summed E-state index contributed by atoms with van der Waals surface area (Å²) in [6.07, 6.45) is -0.881. The van der Waals surface area contributed by atoms with Crippen molar-refractivity contribution in [2.45, 2.75) is 26.9 Å². The minimum absolute atomic E-state index is 0.0865. The van der Waals surface area contributed by atoms with Crippen LogP contribution in [0.1, 0.15) is 30.0 Å². The molecule has 1 atom stereocenters. The molecule has 112 valence electrons. The molecule has 21 heavy (non-hydrogen) atoms. The summed E-state index contributed by atoms with van der Waals surface area (Å²) in [6.45, 7) is 5.52. The number of hydrogen-bond acceptors (Lipinski definition) is 4. The molecule has 2 rings (SSSR count). The van der Waals surface area contributed by atoms with E-state index in [4.69, 9.17) is 20.8 Å². The Hall–Kier alpha value is -2.01. The molecule has 0 fully saturated rings. The number of rotatable bonds is 4. The molecule has 0 aliphatic carbocycles. The maximum absolute atomic E-state index is 12.1. The number of carbonyl (C=O) groups is 2. The Morgan fingerprint density at radius 2 is 2.14 bits per heavy atom. The molecule has 1 aromatic heterocycles. The highest BCUT2D eigenvalue weighted by molar-refractivity contribution is 6.31. The van der Waals surface area contributed by atoms with E-state index in [-0.39, 0.29) is 11.7 Å². The lowest BCUT2D eigenvalue weighted by molar-refractivity contribution is -0.129. The number of halogens is 1. The van der Waals surface area contributed by atoms with Crippen molar-refractivity contribution in [1.82, 2.24) is 5.32 Å². The van der Waals surface area contributed by atoms with Gasteiger partial charge in [-0.1, -0.05) is 11.6 Å². The summed E-state index contributed by atoms with van der Waals surface area (Å²) >= 11 is 5.93. The van der Waals surface area contributed by atoms with Crippen LogP contribution in [0, 0.1) is 6.92 Å². The van der Waals surface area contributed by atoms with Crippen LogP contribution in [-0.2, 0) is 9.53 Å². The zero-order chi connectivity index (χ0) is 15.6. The molecule has 0 saturated carbocycles. The van der Waals surface area contributed by atoms with E-state index in [0.29, 0.717) is 22.7 Å². The van der Waals surface area contributed by atoms with Crippen molar-refractivity contribution in [2.75, 3.05) is 6.54 Å². The number of hydrogen-bond donors (Lipinski definition) is 1. The Labute approximate surface area is 127 Å². The largest absolute Gasteiger partial charge is 0.449 e. The van der Waals surface area contributed by atoms with Gasteiger partial charge in [0.2, 0.25) is 5.76 Å². The summed E-state index contributed by atoms with van der Waals surface area (Å²) in [5.41, 5.74) is 1.19. The summed E-state index contributed by atoms with van der Waals surface area (Å²) in [5.74, 6) is -0.926. The Morgan fingerprint density at radius 3 is 2.81 bits per heavy atom. The smallest absolute Gasteiger partial charge is 0.375 e. The summed E-state index contributed by atoms with van der Waals surface area (Å²) in [5, 5.41) is 3.89. The van der Waals surface area contributed by atoms with Gasteiger partial charge < -0.3 is 14.5 Å². The van der Waals surface area contributed by atoms with E-state index in [1.807, 2.05) is 0 Å². The molecule has 1 amide bonds. The molecular weight excluding hydrogens is 294 g/mol. The highest BCUT2D eigenvalue weighted by atomic mass is 35.5. The fraction of sp³-hybridized carbons (Fsp3) is 0.333. The van der Waals surface area contributed by atoms with Crippen LogP contribution in [0.15, 0.2) is 22.6 Å². The van der Waals surface area contributed by atoms with Crippen LogP contribution in [-0.4, -0.2) is 24.5 Å². The first-order chi connectivity index (χ1) is 9.93. The molecule has 1 aromatic carbocycles. The van der Waals surface area contributed by atoms with Gasteiger partial charge in [0.25, 0.3) is 5.91 Å². The van der Waals surface area contributed by atoms with Crippen molar-refractivity contribution in [1.29, 1.82) is 0 Å². The third-order valence-corrected chi connectivity index (χ3v) is 3.32. The quantitative estimate of drug-likeness (QED) is 0.881. The van der Waals surface area contributed by atoms with Crippen molar-refractivity contribution in [3.05, 3.63) is 34.5 Å². The molecule has 0 spiro atoms. The lowest BCUT2D eigenvalue weighted by Gasteiger charge is -2.11. The van der Waals surface area contributed by atoms with Crippen LogP contribution in [0.3, 0.4) is 0 Å². The Morgan fingerprint density at radius 1 is 1.43 bits per heavy atom. The summed E-state index contributed by atoms with van der Waals surface area (Å²) in [4.78, 5) is 23.7. The number of carbonyl (C=O) groups excluding carboxylic acids is 2. The summed E-state index contributed by atoms with van der Waals surface area (Å²) in [7, 11) is 0. The monoisotopic (exact) mass is 309 g/mol. The minimum Gasteiger partial charge on any atom is -0.449 e. The van der Waals surface area contributed by atoms with Crippen molar-refractivity contribution in [2.24, 2.45) is 0 Å². The number of ether oxygens (including phenoxy) is 1. The molecule has 6 heteroatoms. The van der Waals surface area contributed by atoms with Gasteiger partial charge in [0.05, 0.1) is 0 Å². The van der Waals surface area contributed by atoms with Crippen LogP contribution in [0.25, 0.3) is 11.0 Å². The molecule has 1 N–H and O–H groups in total. The van der Waals surface area contributed by atoms with E-state index in [9.17, 15) is 9.59 Å². The Balaban J connectivity index is 2.24. The first-order valence-corrected chi connectivity index (χ1v) is 6.99. The van der Waals surface area contributed by atoms with E-state index >= 15 is 0 Å². The van der Waals surface area contributed by atoms with Crippen LogP contribution in [0.4, 0.5) is 0 Å². The fourth-order valence-corrected chi connectivity index (χ4v) is 2.15. The van der Waals surface area contributed by atoms with Crippen molar-refractivity contribution in [3.63, 3.8) is 0 Å². The molecule has 0 saturated heterocycles. The van der Waals surface area contributed by atoms with E-state index in [2.05, 4.69) is 5.32 Å². The average molecular weight is 310 g/mol. The second-order valence-corrected chi connectivity index (χ2v) is 5.08. The maximum Gasteiger partial charge on any atom is 0.375 e. The molecule has 1 heterocycles. The second-order valence-electron chi connectivity index (χ2n) is 4.64. The predicted molar refractivity (Wildman–Crippen MR) is 79.5 cm³/mol. The number of amides is 1. The van der Waals surface area contributed by atoms with Crippen LogP contribution in [0.5, 0.6) is 0 Å². The standard InChI is InChI=1S/C15H16ClNO4/c1-4-17-14(18)9(3)20-15(19)13-8(2)11-7-10(16)5-6-12(11)21-13/h5-7,9H,4H2,1-3H3,(H,17,18)/t9-/m0/s1. The lowest BCUT2D eigenvalue weighted by Crippen LogP contribution is -2.35. The number of benzene rings is 1. The van der Waals surface area contributed by atoms with Gasteiger partial charge in [-0.05, 0) is 39.0 Å². The first kappa shape index (κ1) is 15.4. The lowest BCUT2D eigenvalue weighted by atomic mass is 10.1. The predicted octanol–water partition coefficient (Wildman–Crippen LogP) is 3.08. The molecule has 0 aliphatic rings. The van der Waals surface area contributed by atoms with Gasteiger partial charge in [0, 0.05) is 22.5 Å². The number of esters is 1. The summed E-state index contributed by atoms with van der Waals surface area (Å²) in [6, 6.07) is 5.09. The van der Waals surface area contributed by atoms with Crippen LogP contribution in [0.2, 0.25) is 5.02 Å². The second kappa shape index (κ2) is 6.18. The highest BCUT2D eigenvalue weighted by Crippen LogP contribution is 2.28. The van der Waals surface area contributed by atoms with E-state index in [1.54, 1.807) is 32.0 Å². The van der Waals surface area contributed by atoms with Gasteiger partial charge in [-0.3, -0.25) is 4.79 Å². The van der Waals surface area contributed by atoms with Gasteiger partial charge in [-0.25, -0.2) is 4.79 Å². The van der Waals surface area contributed by atoms with Gasteiger partial charge in [0.1, 0.15) is 5.58 Å². The number of fused-ring (bicyclic) bond motifs is 1. The van der Waals surface area contributed by atoms with Gasteiger partial charge in [-0.15, -0.1) is 0 Å². The number of nitrogens with one attached hydrogen (secondary N) is 1. The Kier molecular flexibility index (Phi) is 4.53. The van der Waals surface area contributed by atoms with Gasteiger partial charge >= 0.3 is 5.97 Å². The van der Waals surface area contributed by atoms with Gasteiger partial charge in [0.15, 0.2) is 6.10 Å². The molecule has 0 bridgehead atoms.